The highest BCUT2D eigenvalue weighted by Gasteiger charge is 2.07. The lowest BCUT2D eigenvalue weighted by molar-refractivity contribution is -0.140. The lowest BCUT2D eigenvalue weighted by Crippen LogP contribution is -2.07. The van der Waals surface area contributed by atoms with Crippen LogP contribution in [0.5, 0.6) is 0 Å². The second-order valence-electron chi connectivity index (χ2n) is 6.48. The SMILES string of the molecule is CC(=O)Nc1ccc(C=CC(=O)Nc2ccc3nc(SCCOC(C)=O)sc3c2)cc1. The van der Waals surface area contributed by atoms with Gasteiger partial charge < -0.3 is 15.4 Å². The number of nitrogens with zero attached hydrogens (tertiary/aromatic N) is 1. The van der Waals surface area contributed by atoms with Gasteiger partial charge >= 0.3 is 5.97 Å². The van der Waals surface area contributed by atoms with Crippen LogP contribution in [-0.4, -0.2) is 35.1 Å². The molecule has 160 valence electrons. The molecule has 1 aromatic heterocycles. The van der Waals surface area contributed by atoms with Crippen molar-refractivity contribution in [2.45, 2.75) is 18.2 Å². The van der Waals surface area contributed by atoms with Gasteiger partial charge in [0.2, 0.25) is 11.8 Å². The van der Waals surface area contributed by atoms with Gasteiger partial charge in [0.1, 0.15) is 6.61 Å². The Labute approximate surface area is 187 Å². The number of anilines is 2. The number of hydrogen-bond acceptors (Lipinski definition) is 7. The fraction of sp³-hybridized carbons (Fsp3) is 0.182. The van der Waals surface area contributed by atoms with Crippen LogP contribution in [0.3, 0.4) is 0 Å². The Bertz CT molecular complexity index is 1120. The van der Waals surface area contributed by atoms with E-state index in [0.717, 1.165) is 20.1 Å². The van der Waals surface area contributed by atoms with Crippen molar-refractivity contribution < 1.29 is 19.1 Å². The van der Waals surface area contributed by atoms with E-state index in [0.29, 0.717) is 23.7 Å². The summed E-state index contributed by atoms with van der Waals surface area (Å²) in [5, 5.41) is 5.54. The monoisotopic (exact) mass is 455 g/mol. The molecule has 0 saturated heterocycles. The van der Waals surface area contributed by atoms with Crippen molar-refractivity contribution in [3.05, 3.63) is 54.1 Å². The van der Waals surface area contributed by atoms with Crippen LogP contribution in [0, 0.1) is 0 Å². The molecule has 2 N–H and O–H groups in total. The maximum absolute atomic E-state index is 12.3. The third-order valence-electron chi connectivity index (χ3n) is 3.91. The van der Waals surface area contributed by atoms with Crippen LogP contribution >= 0.6 is 23.1 Å². The normalized spacial score (nSPS) is 10.9. The van der Waals surface area contributed by atoms with Gasteiger partial charge in [-0.3, -0.25) is 14.4 Å². The van der Waals surface area contributed by atoms with E-state index in [1.165, 1.54) is 43.0 Å². The average molecular weight is 456 g/mol. The summed E-state index contributed by atoms with van der Waals surface area (Å²) in [6.07, 6.45) is 3.16. The molecule has 31 heavy (non-hydrogen) atoms. The Hall–Kier alpha value is -3.17. The zero-order valence-electron chi connectivity index (χ0n) is 17.0. The van der Waals surface area contributed by atoms with Crippen molar-refractivity contribution in [1.82, 2.24) is 4.98 Å². The Kier molecular flexibility index (Phi) is 7.80. The first kappa shape index (κ1) is 22.5. The molecule has 0 atom stereocenters. The second-order valence-corrected chi connectivity index (χ2v) is 8.85. The molecule has 7 nitrogen and oxygen atoms in total. The van der Waals surface area contributed by atoms with Crippen LogP contribution < -0.4 is 10.6 Å². The topological polar surface area (TPSA) is 97.4 Å². The van der Waals surface area contributed by atoms with Gasteiger partial charge in [-0.05, 0) is 42.0 Å². The maximum atomic E-state index is 12.3. The smallest absolute Gasteiger partial charge is 0.302 e. The number of amides is 2. The summed E-state index contributed by atoms with van der Waals surface area (Å²) in [5.74, 6) is -0.0278. The van der Waals surface area contributed by atoms with Crippen LogP contribution in [0.25, 0.3) is 16.3 Å². The summed E-state index contributed by atoms with van der Waals surface area (Å²) in [6.45, 7) is 3.18. The molecule has 2 aromatic carbocycles. The number of carbonyl (C=O) groups excluding carboxylic acids is 3. The summed E-state index contributed by atoms with van der Waals surface area (Å²) in [7, 11) is 0. The van der Waals surface area contributed by atoms with E-state index in [2.05, 4.69) is 15.6 Å². The minimum atomic E-state index is -0.290. The number of rotatable bonds is 8. The van der Waals surface area contributed by atoms with Crippen molar-refractivity contribution in [3.8, 4) is 0 Å². The molecule has 0 fully saturated rings. The molecule has 3 rings (SSSR count). The predicted octanol–water partition coefficient (Wildman–Crippen LogP) is 4.56. The second kappa shape index (κ2) is 10.7. The largest absolute Gasteiger partial charge is 0.465 e. The molecule has 9 heteroatoms. The first-order chi connectivity index (χ1) is 14.9. The summed E-state index contributed by atoms with van der Waals surface area (Å²) in [4.78, 5) is 38.6. The van der Waals surface area contributed by atoms with Gasteiger partial charge in [-0.15, -0.1) is 11.3 Å². The average Bonchev–Trinajstić information content (AvgIpc) is 3.12. The number of fused-ring (bicyclic) bond motifs is 1. The zero-order chi connectivity index (χ0) is 22.2. The molecule has 0 radical (unpaired) electrons. The van der Waals surface area contributed by atoms with E-state index in [9.17, 15) is 14.4 Å². The molecular formula is C22H21N3O4S2. The van der Waals surface area contributed by atoms with Crippen LogP contribution in [0.15, 0.2) is 52.9 Å². The van der Waals surface area contributed by atoms with E-state index in [4.69, 9.17) is 4.74 Å². The maximum Gasteiger partial charge on any atom is 0.302 e. The molecule has 2 amide bonds. The number of nitrogens with one attached hydrogen (secondary N) is 2. The summed E-state index contributed by atoms with van der Waals surface area (Å²) in [6, 6.07) is 12.7. The summed E-state index contributed by atoms with van der Waals surface area (Å²) < 4.78 is 6.77. The standard InChI is InChI=1S/C22H21N3O4S2/c1-14(26)23-17-6-3-16(4-7-17)5-10-21(28)24-18-8-9-19-20(13-18)31-22(25-19)30-12-11-29-15(2)27/h3-10,13H,11-12H2,1-2H3,(H,23,26)(H,24,28). The van der Waals surface area contributed by atoms with Crippen molar-refractivity contribution in [2.75, 3.05) is 23.0 Å². The molecule has 0 aliphatic heterocycles. The molecule has 0 spiro atoms. The Morgan fingerprint density at radius 3 is 2.52 bits per heavy atom. The lowest BCUT2D eigenvalue weighted by Gasteiger charge is -2.03. The highest BCUT2D eigenvalue weighted by Crippen LogP contribution is 2.31. The van der Waals surface area contributed by atoms with E-state index in [1.54, 1.807) is 18.2 Å². The predicted molar refractivity (Wildman–Crippen MR) is 125 cm³/mol. The van der Waals surface area contributed by atoms with Crippen LogP contribution in [0.2, 0.25) is 0 Å². The van der Waals surface area contributed by atoms with Crippen LogP contribution in [-0.2, 0) is 19.1 Å². The Morgan fingerprint density at radius 2 is 1.81 bits per heavy atom. The van der Waals surface area contributed by atoms with Crippen molar-refractivity contribution in [2.24, 2.45) is 0 Å². The van der Waals surface area contributed by atoms with Gasteiger partial charge in [0.15, 0.2) is 4.34 Å². The number of esters is 1. The van der Waals surface area contributed by atoms with E-state index in [-0.39, 0.29) is 17.8 Å². The van der Waals surface area contributed by atoms with Gasteiger partial charge in [-0.2, -0.15) is 0 Å². The molecule has 0 aliphatic rings. The highest BCUT2D eigenvalue weighted by atomic mass is 32.2. The van der Waals surface area contributed by atoms with Gasteiger partial charge in [0.25, 0.3) is 0 Å². The highest BCUT2D eigenvalue weighted by molar-refractivity contribution is 8.01. The number of hydrogen-bond donors (Lipinski definition) is 2. The fourth-order valence-corrected chi connectivity index (χ4v) is 4.59. The van der Waals surface area contributed by atoms with Crippen molar-refractivity contribution in [1.29, 1.82) is 0 Å². The molecular weight excluding hydrogens is 434 g/mol. The molecule has 0 bridgehead atoms. The number of benzene rings is 2. The molecule has 3 aromatic rings. The molecule has 0 saturated carbocycles. The minimum Gasteiger partial charge on any atom is -0.465 e. The lowest BCUT2D eigenvalue weighted by atomic mass is 10.2. The Balaban J connectivity index is 1.56. The van der Waals surface area contributed by atoms with Gasteiger partial charge in [-0.1, -0.05) is 23.9 Å². The van der Waals surface area contributed by atoms with E-state index in [1.807, 2.05) is 30.3 Å². The molecule has 0 unspecified atom stereocenters. The van der Waals surface area contributed by atoms with Crippen molar-refractivity contribution >= 4 is 68.5 Å². The van der Waals surface area contributed by atoms with E-state index < -0.39 is 0 Å². The van der Waals surface area contributed by atoms with Crippen molar-refractivity contribution in [3.63, 3.8) is 0 Å². The molecule has 1 heterocycles. The quantitative estimate of drug-likeness (QED) is 0.224. The number of carbonyl (C=O) groups is 3. The van der Waals surface area contributed by atoms with Gasteiger partial charge in [-0.25, -0.2) is 4.98 Å². The molecule has 0 aliphatic carbocycles. The van der Waals surface area contributed by atoms with E-state index >= 15 is 0 Å². The first-order valence-electron chi connectivity index (χ1n) is 9.42. The zero-order valence-corrected chi connectivity index (χ0v) is 18.6. The summed E-state index contributed by atoms with van der Waals surface area (Å²) in [5.41, 5.74) is 3.09. The van der Waals surface area contributed by atoms with Crippen LogP contribution in [0.4, 0.5) is 11.4 Å². The third kappa shape index (κ3) is 7.23. The van der Waals surface area contributed by atoms with Crippen LogP contribution in [0.1, 0.15) is 19.4 Å². The van der Waals surface area contributed by atoms with Gasteiger partial charge in [0.05, 0.1) is 10.2 Å². The number of thiazole rings is 1. The number of thioether (sulfide) groups is 1. The number of ether oxygens (including phenoxy) is 1. The fourth-order valence-electron chi connectivity index (χ4n) is 2.59. The third-order valence-corrected chi connectivity index (χ3v) is 6.03. The number of aromatic nitrogens is 1. The van der Waals surface area contributed by atoms with Gasteiger partial charge in [0, 0.05) is 37.1 Å². The first-order valence-corrected chi connectivity index (χ1v) is 11.2. The summed E-state index contributed by atoms with van der Waals surface area (Å²) >= 11 is 3.05. The Morgan fingerprint density at radius 1 is 1.06 bits per heavy atom. The minimum absolute atomic E-state index is 0.131.